The second-order valence-corrected chi connectivity index (χ2v) is 9.93. The highest BCUT2D eigenvalue weighted by Crippen LogP contribution is 2.69. The maximum Gasteiger partial charge on any atom is 0.369 e. The standard InChI is InChI=1S/C9H21NO7P2/c1-10(2)5-3-4-8(7-10)6-9(11,18(12,13)14)19(15,16)17/h8,11H,3-7H2,1-2H3,(H3-,12,13,14,15,16,17)/p+1. The molecular formula is C9H22NO7P2+. The molecule has 0 radical (unpaired) electrons. The third-order valence-electron chi connectivity index (χ3n) is 3.62. The van der Waals surface area contributed by atoms with Crippen molar-refractivity contribution in [1.82, 2.24) is 0 Å². The summed E-state index contributed by atoms with van der Waals surface area (Å²) in [6.07, 6.45) is 0.781. The Bertz CT molecular complexity index is 404. The Balaban J connectivity index is 2.98. The van der Waals surface area contributed by atoms with Crippen LogP contribution >= 0.6 is 15.2 Å². The average molecular weight is 318 g/mol. The van der Waals surface area contributed by atoms with Gasteiger partial charge in [0, 0.05) is 12.3 Å². The van der Waals surface area contributed by atoms with Gasteiger partial charge in [0.25, 0.3) is 5.08 Å². The molecule has 1 saturated heterocycles. The molecule has 0 aromatic heterocycles. The number of aliphatic hydroxyl groups is 1. The van der Waals surface area contributed by atoms with E-state index in [9.17, 15) is 14.2 Å². The lowest BCUT2D eigenvalue weighted by molar-refractivity contribution is -0.898. The van der Waals surface area contributed by atoms with Gasteiger partial charge in [0.15, 0.2) is 0 Å². The van der Waals surface area contributed by atoms with E-state index in [1.54, 1.807) is 0 Å². The summed E-state index contributed by atoms with van der Waals surface area (Å²) in [4.78, 5) is 36.4. The fourth-order valence-corrected chi connectivity index (χ4v) is 5.00. The van der Waals surface area contributed by atoms with E-state index in [0.717, 1.165) is 13.0 Å². The summed E-state index contributed by atoms with van der Waals surface area (Å²) in [5.74, 6) is -0.339. The summed E-state index contributed by atoms with van der Waals surface area (Å²) in [6, 6.07) is 0. The number of hydrogen-bond acceptors (Lipinski definition) is 3. The van der Waals surface area contributed by atoms with Crippen LogP contribution in [0.25, 0.3) is 0 Å². The van der Waals surface area contributed by atoms with Crippen molar-refractivity contribution in [3.05, 3.63) is 0 Å². The van der Waals surface area contributed by atoms with E-state index in [1.807, 2.05) is 14.1 Å². The predicted octanol–water partition coefficient (Wildman–Crippen LogP) is -0.136. The molecule has 1 fully saturated rings. The van der Waals surface area contributed by atoms with Gasteiger partial charge in [-0.3, -0.25) is 9.13 Å². The monoisotopic (exact) mass is 318 g/mol. The molecule has 1 unspecified atom stereocenters. The van der Waals surface area contributed by atoms with E-state index in [0.29, 0.717) is 17.4 Å². The molecule has 1 rings (SSSR count). The first-order valence-corrected chi connectivity index (χ1v) is 9.17. The van der Waals surface area contributed by atoms with Crippen LogP contribution < -0.4 is 0 Å². The molecule has 1 aliphatic rings. The van der Waals surface area contributed by atoms with Crippen LogP contribution in [0.2, 0.25) is 0 Å². The maximum absolute atomic E-state index is 11.3. The minimum Gasteiger partial charge on any atom is -0.368 e. The zero-order valence-corrected chi connectivity index (χ0v) is 12.8. The van der Waals surface area contributed by atoms with Gasteiger partial charge >= 0.3 is 15.2 Å². The van der Waals surface area contributed by atoms with Crippen LogP contribution in [0.5, 0.6) is 0 Å². The fraction of sp³-hybridized carbons (Fsp3) is 1.00. The van der Waals surface area contributed by atoms with Gasteiger partial charge in [0.1, 0.15) is 0 Å². The quantitative estimate of drug-likeness (QED) is 0.360. The van der Waals surface area contributed by atoms with E-state index >= 15 is 0 Å². The van der Waals surface area contributed by atoms with Crippen LogP contribution in [-0.2, 0) is 9.13 Å². The number of likely N-dealkylation sites (tertiary alicyclic amines) is 1. The van der Waals surface area contributed by atoms with Crippen molar-refractivity contribution < 1.29 is 38.3 Å². The fourth-order valence-electron chi connectivity index (χ4n) is 2.65. The molecule has 0 bridgehead atoms. The third-order valence-corrected chi connectivity index (χ3v) is 7.42. The summed E-state index contributed by atoms with van der Waals surface area (Å²) >= 11 is 0. The molecule has 0 aromatic carbocycles. The predicted molar refractivity (Wildman–Crippen MR) is 68.2 cm³/mol. The molecule has 5 N–H and O–H groups in total. The van der Waals surface area contributed by atoms with Crippen molar-refractivity contribution >= 4 is 15.2 Å². The second kappa shape index (κ2) is 5.20. The van der Waals surface area contributed by atoms with Gasteiger partial charge in [-0.2, -0.15) is 0 Å². The van der Waals surface area contributed by atoms with E-state index in [1.165, 1.54) is 0 Å². The van der Waals surface area contributed by atoms with Crippen molar-refractivity contribution in [2.45, 2.75) is 24.3 Å². The largest absolute Gasteiger partial charge is 0.369 e. The molecular weight excluding hydrogens is 296 g/mol. The van der Waals surface area contributed by atoms with Crippen LogP contribution in [0, 0.1) is 5.92 Å². The van der Waals surface area contributed by atoms with E-state index < -0.39 is 26.7 Å². The molecule has 0 spiro atoms. The van der Waals surface area contributed by atoms with Crippen molar-refractivity contribution in [3.8, 4) is 0 Å². The van der Waals surface area contributed by atoms with Gasteiger partial charge in [0.2, 0.25) is 0 Å². The van der Waals surface area contributed by atoms with E-state index in [-0.39, 0.29) is 5.92 Å². The zero-order valence-electron chi connectivity index (χ0n) is 11.0. The Kier molecular flexibility index (Phi) is 4.73. The number of piperidine rings is 1. The molecule has 0 aromatic rings. The first kappa shape index (κ1) is 17.3. The lowest BCUT2D eigenvalue weighted by Gasteiger charge is -2.40. The Labute approximate surface area is 112 Å². The highest BCUT2D eigenvalue weighted by Gasteiger charge is 2.60. The van der Waals surface area contributed by atoms with Gasteiger partial charge in [0.05, 0.1) is 27.2 Å². The summed E-state index contributed by atoms with van der Waals surface area (Å²) in [5, 5.41) is 6.60. The van der Waals surface area contributed by atoms with Crippen molar-refractivity contribution in [3.63, 3.8) is 0 Å². The number of hydrogen-bond donors (Lipinski definition) is 5. The number of quaternary nitrogens is 1. The topological polar surface area (TPSA) is 135 Å². The Hall–Kier alpha value is 0.220. The SMILES string of the molecule is C[N+]1(C)CCCC(CC(O)(P(=O)(O)O)P(=O)(O)O)C1. The lowest BCUT2D eigenvalue weighted by atomic mass is 9.94. The van der Waals surface area contributed by atoms with Crippen LogP contribution in [0.15, 0.2) is 0 Å². The summed E-state index contributed by atoms with van der Waals surface area (Å²) in [6.45, 7) is 1.41. The summed E-state index contributed by atoms with van der Waals surface area (Å²) in [5.41, 5.74) is 0. The third kappa shape index (κ3) is 3.86. The summed E-state index contributed by atoms with van der Waals surface area (Å²) in [7, 11) is -6.80. The molecule has 1 heterocycles. The Morgan fingerprint density at radius 2 is 1.63 bits per heavy atom. The van der Waals surface area contributed by atoms with Gasteiger partial charge < -0.3 is 29.2 Å². The Morgan fingerprint density at radius 1 is 1.16 bits per heavy atom. The molecule has 0 saturated carbocycles. The van der Waals surface area contributed by atoms with E-state index in [2.05, 4.69) is 0 Å². The molecule has 1 atom stereocenters. The number of rotatable bonds is 4. The number of nitrogens with zero attached hydrogens (tertiary/aromatic N) is 1. The van der Waals surface area contributed by atoms with Gasteiger partial charge in [-0.15, -0.1) is 0 Å². The summed E-state index contributed by atoms with van der Waals surface area (Å²) < 4.78 is 23.2. The molecule has 114 valence electrons. The molecule has 8 nitrogen and oxygen atoms in total. The molecule has 0 amide bonds. The van der Waals surface area contributed by atoms with Gasteiger partial charge in [-0.1, -0.05) is 0 Å². The highest BCUT2D eigenvalue weighted by molar-refractivity contribution is 7.72. The maximum atomic E-state index is 11.3. The smallest absolute Gasteiger partial charge is 0.368 e. The van der Waals surface area contributed by atoms with Crippen LogP contribution in [0.3, 0.4) is 0 Å². The average Bonchev–Trinajstić information content (AvgIpc) is 2.11. The first-order chi connectivity index (χ1) is 8.29. The molecule has 0 aliphatic carbocycles. The normalized spacial score (nSPS) is 25.3. The highest BCUT2D eigenvalue weighted by atomic mass is 31.2. The van der Waals surface area contributed by atoms with Gasteiger partial charge in [-0.25, -0.2) is 0 Å². The van der Waals surface area contributed by atoms with Gasteiger partial charge in [-0.05, 0) is 12.8 Å². The minimum atomic E-state index is -5.33. The Morgan fingerprint density at radius 3 is 2.00 bits per heavy atom. The van der Waals surface area contributed by atoms with Crippen LogP contribution in [0.4, 0.5) is 0 Å². The lowest BCUT2D eigenvalue weighted by Crippen LogP contribution is -2.49. The zero-order chi connectivity index (χ0) is 15.1. The minimum absolute atomic E-state index is 0.339. The van der Waals surface area contributed by atoms with Crippen molar-refractivity contribution in [2.75, 3.05) is 27.2 Å². The van der Waals surface area contributed by atoms with Crippen LogP contribution in [-0.4, -0.2) is 61.4 Å². The van der Waals surface area contributed by atoms with E-state index in [4.69, 9.17) is 19.6 Å². The first-order valence-electron chi connectivity index (χ1n) is 5.94. The van der Waals surface area contributed by atoms with Crippen molar-refractivity contribution in [1.29, 1.82) is 0 Å². The second-order valence-electron chi connectivity index (χ2n) is 5.92. The van der Waals surface area contributed by atoms with Crippen LogP contribution in [0.1, 0.15) is 19.3 Å². The molecule has 10 heteroatoms. The molecule has 1 aliphatic heterocycles. The van der Waals surface area contributed by atoms with Crippen molar-refractivity contribution in [2.24, 2.45) is 5.92 Å². The molecule has 19 heavy (non-hydrogen) atoms.